The quantitative estimate of drug-likeness (QED) is 0.607. The number of halogens is 3. The number of nitrogens with one attached hydrogen (secondary N) is 1. The summed E-state index contributed by atoms with van der Waals surface area (Å²) in [6.45, 7) is 4.68. The number of likely N-dealkylation sites (tertiary alicyclic amines) is 1. The minimum atomic E-state index is -4.47. The fourth-order valence-electron chi connectivity index (χ4n) is 4.91. The first-order chi connectivity index (χ1) is 16.2. The molecule has 0 saturated carbocycles. The maximum atomic E-state index is 13.2. The van der Waals surface area contributed by atoms with Gasteiger partial charge in [-0.15, -0.1) is 0 Å². The molecule has 34 heavy (non-hydrogen) atoms. The Morgan fingerprint density at radius 1 is 1.15 bits per heavy atom. The molecular formula is C25H27F3N4O2. The highest BCUT2D eigenvalue weighted by Crippen LogP contribution is 2.34. The van der Waals surface area contributed by atoms with E-state index in [9.17, 15) is 18.0 Å². The van der Waals surface area contributed by atoms with Crippen LogP contribution in [0, 0.1) is 6.92 Å². The Morgan fingerprint density at radius 3 is 2.65 bits per heavy atom. The molecule has 6 nitrogen and oxygen atoms in total. The molecule has 1 saturated heterocycles. The Balaban J connectivity index is 1.41. The molecule has 0 radical (unpaired) electrons. The highest BCUT2D eigenvalue weighted by atomic mass is 19.4. The molecule has 1 aromatic carbocycles. The van der Waals surface area contributed by atoms with Gasteiger partial charge >= 0.3 is 6.18 Å². The Labute approximate surface area is 195 Å². The van der Waals surface area contributed by atoms with E-state index in [-0.39, 0.29) is 11.9 Å². The maximum Gasteiger partial charge on any atom is 0.433 e. The van der Waals surface area contributed by atoms with E-state index in [0.717, 1.165) is 48.6 Å². The third kappa shape index (κ3) is 4.36. The summed E-state index contributed by atoms with van der Waals surface area (Å²) in [4.78, 5) is 21.0. The highest BCUT2D eigenvalue weighted by molar-refractivity contribution is 6.08. The molecule has 9 heteroatoms. The third-order valence-electron chi connectivity index (χ3n) is 6.88. The van der Waals surface area contributed by atoms with Crippen molar-refractivity contribution in [1.29, 1.82) is 0 Å². The van der Waals surface area contributed by atoms with Crippen molar-refractivity contribution in [3.05, 3.63) is 58.6 Å². The third-order valence-corrected chi connectivity index (χ3v) is 6.88. The second kappa shape index (κ2) is 8.61. The molecule has 0 spiro atoms. The number of piperidine rings is 1. The molecule has 1 N–H and O–H groups in total. The van der Waals surface area contributed by atoms with Gasteiger partial charge in [-0.1, -0.05) is 0 Å². The molecule has 0 unspecified atom stereocenters. The fourth-order valence-corrected chi connectivity index (χ4v) is 4.91. The summed E-state index contributed by atoms with van der Waals surface area (Å²) in [5, 5.41) is 3.87. The molecule has 1 fully saturated rings. The van der Waals surface area contributed by atoms with Gasteiger partial charge in [-0.2, -0.15) is 13.2 Å². The minimum Gasteiger partial charge on any atom is -0.461 e. The number of benzene rings is 1. The van der Waals surface area contributed by atoms with E-state index in [2.05, 4.69) is 22.2 Å². The first kappa shape index (κ1) is 22.7. The monoisotopic (exact) mass is 472 g/mol. The standard InChI is InChI=1S/C25H27F3N4O2/c1-15-23(24(33)30-18-6-8-31(2)9-7-18)20-12-19(3-4-21(20)34-15)32-10-5-16-13-29-22(25(26,27)28)11-17(16)14-32/h3-4,11-13,18H,5-10,14H2,1-2H3,(H,30,33). The number of rotatable bonds is 3. The molecule has 2 aromatic heterocycles. The minimum absolute atomic E-state index is 0.131. The van der Waals surface area contributed by atoms with Crippen molar-refractivity contribution < 1.29 is 22.4 Å². The van der Waals surface area contributed by atoms with E-state index >= 15 is 0 Å². The average Bonchev–Trinajstić information content (AvgIpc) is 3.14. The lowest BCUT2D eigenvalue weighted by atomic mass is 10.00. The summed E-state index contributed by atoms with van der Waals surface area (Å²) in [5.41, 5.74) is 2.58. The van der Waals surface area contributed by atoms with Crippen molar-refractivity contribution in [3.8, 4) is 0 Å². The van der Waals surface area contributed by atoms with Crippen LogP contribution in [0.15, 0.2) is 34.9 Å². The van der Waals surface area contributed by atoms with Gasteiger partial charge < -0.3 is 19.5 Å². The number of carbonyl (C=O) groups excluding carboxylic acids is 1. The van der Waals surface area contributed by atoms with Crippen LogP contribution >= 0.6 is 0 Å². The molecule has 3 aromatic rings. The summed E-state index contributed by atoms with van der Waals surface area (Å²) in [6.07, 6.45) is -0.717. The first-order valence-electron chi connectivity index (χ1n) is 11.5. The van der Waals surface area contributed by atoms with Crippen LogP contribution in [0.3, 0.4) is 0 Å². The van der Waals surface area contributed by atoms with E-state index in [1.165, 1.54) is 6.20 Å². The predicted octanol–water partition coefficient (Wildman–Crippen LogP) is 4.54. The van der Waals surface area contributed by atoms with Gasteiger partial charge in [-0.25, -0.2) is 0 Å². The van der Waals surface area contributed by atoms with Crippen molar-refractivity contribution in [3.63, 3.8) is 0 Å². The van der Waals surface area contributed by atoms with Crippen molar-refractivity contribution in [1.82, 2.24) is 15.2 Å². The first-order valence-corrected chi connectivity index (χ1v) is 11.5. The number of pyridine rings is 1. The normalized spacial score (nSPS) is 17.7. The number of aromatic nitrogens is 1. The van der Waals surface area contributed by atoms with Crippen LogP contribution < -0.4 is 10.2 Å². The number of anilines is 1. The maximum absolute atomic E-state index is 13.2. The van der Waals surface area contributed by atoms with Crippen molar-refractivity contribution >= 4 is 22.6 Å². The van der Waals surface area contributed by atoms with Crippen LogP contribution in [0.5, 0.6) is 0 Å². The van der Waals surface area contributed by atoms with E-state index in [0.29, 0.717) is 42.0 Å². The molecule has 2 aliphatic heterocycles. The van der Waals surface area contributed by atoms with Crippen LogP contribution in [-0.2, 0) is 19.1 Å². The van der Waals surface area contributed by atoms with Gasteiger partial charge in [0.2, 0.25) is 0 Å². The molecule has 4 heterocycles. The molecular weight excluding hydrogens is 445 g/mol. The predicted molar refractivity (Wildman–Crippen MR) is 123 cm³/mol. The van der Waals surface area contributed by atoms with Gasteiger partial charge in [0.05, 0.1) is 5.56 Å². The van der Waals surface area contributed by atoms with E-state index in [1.807, 2.05) is 23.1 Å². The fraction of sp³-hybridized carbons (Fsp3) is 0.440. The molecule has 0 bridgehead atoms. The lowest BCUT2D eigenvalue weighted by Gasteiger charge is -2.31. The number of carbonyl (C=O) groups is 1. The van der Waals surface area contributed by atoms with E-state index < -0.39 is 11.9 Å². The summed E-state index contributed by atoms with van der Waals surface area (Å²) < 4.78 is 45.3. The largest absolute Gasteiger partial charge is 0.461 e. The molecule has 2 aliphatic rings. The van der Waals surface area contributed by atoms with Gasteiger partial charge in [-0.3, -0.25) is 9.78 Å². The summed E-state index contributed by atoms with van der Waals surface area (Å²) in [7, 11) is 2.08. The molecule has 180 valence electrons. The van der Waals surface area contributed by atoms with Gasteiger partial charge in [0.1, 0.15) is 17.0 Å². The zero-order valence-corrected chi connectivity index (χ0v) is 19.2. The van der Waals surface area contributed by atoms with Crippen LogP contribution in [-0.4, -0.2) is 48.5 Å². The van der Waals surface area contributed by atoms with Gasteiger partial charge in [-0.05, 0) is 81.7 Å². The van der Waals surface area contributed by atoms with Crippen LogP contribution in [0.2, 0.25) is 0 Å². The number of aryl methyl sites for hydroxylation is 1. The van der Waals surface area contributed by atoms with Gasteiger partial charge in [0, 0.05) is 36.4 Å². The number of furan rings is 1. The Morgan fingerprint density at radius 2 is 1.91 bits per heavy atom. The zero-order valence-electron chi connectivity index (χ0n) is 19.2. The average molecular weight is 473 g/mol. The van der Waals surface area contributed by atoms with Crippen LogP contribution in [0.4, 0.5) is 18.9 Å². The van der Waals surface area contributed by atoms with Crippen LogP contribution in [0.25, 0.3) is 11.0 Å². The van der Waals surface area contributed by atoms with Crippen molar-refractivity contribution in [2.75, 3.05) is 31.6 Å². The molecule has 0 aliphatic carbocycles. The Kier molecular flexibility index (Phi) is 5.75. The molecule has 1 amide bonds. The zero-order chi connectivity index (χ0) is 24.0. The topological polar surface area (TPSA) is 61.6 Å². The number of alkyl halides is 3. The number of hydrogen-bond donors (Lipinski definition) is 1. The summed E-state index contributed by atoms with van der Waals surface area (Å²) in [6, 6.07) is 6.90. The molecule has 5 rings (SSSR count). The number of hydrogen-bond acceptors (Lipinski definition) is 5. The summed E-state index contributed by atoms with van der Waals surface area (Å²) in [5.74, 6) is 0.412. The van der Waals surface area contributed by atoms with E-state index in [1.54, 1.807) is 6.92 Å². The highest BCUT2D eigenvalue weighted by Gasteiger charge is 2.34. The Hall–Kier alpha value is -3.07. The second-order valence-corrected chi connectivity index (χ2v) is 9.27. The van der Waals surface area contributed by atoms with Gasteiger partial charge in [0.15, 0.2) is 0 Å². The number of amides is 1. The van der Waals surface area contributed by atoms with Crippen molar-refractivity contribution in [2.24, 2.45) is 0 Å². The van der Waals surface area contributed by atoms with Crippen molar-refractivity contribution in [2.45, 2.75) is 44.9 Å². The van der Waals surface area contributed by atoms with E-state index in [4.69, 9.17) is 4.42 Å². The lowest BCUT2D eigenvalue weighted by molar-refractivity contribution is -0.141. The van der Waals surface area contributed by atoms with Gasteiger partial charge in [0.25, 0.3) is 5.91 Å². The number of nitrogens with zero attached hydrogens (tertiary/aromatic N) is 3. The number of fused-ring (bicyclic) bond motifs is 2. The lowest BCUT2D eigenvalue weighted by Crippen LogP contribution is -2.43. The second-order valence-electron chi connectivity index (χ2n) is 9.27. The Bertz CT molecular complexity index is 1230. The van der Waals surface area contributed by atoms with Crippen LogP contribution in [0.1, 0.15) is 45.8 Å². The SMILES string of the molecule is Cc1oc2ccc(N3CCc4cnc(C(F)(F)F)cc4C3)cc2c1C(=O)NC1CCN(C)CC1. The molecule has 0 atom stereocenters. The summed E-state index contributed by atoms with van der Waals surface area (Å²) >= 11 is 0. The smallest absolute Gasteiger partial charge is 0.433 e.